The van der Waals surface area contributed by atoms with Crippen LogP contribution in [-0.2, 0) is 6.54 Å². The van der Waals surface area contributed by atoms with Crippen molar-refractivity contribution in [2.75, 3.05) is 17.6 Å². The molecule has 0 unspecified atom stereocenters. The van der Waals surface area contributed by atoms with E-state index in [0.717, 1.165) is 42.3 Å². The second-order valence-electron chi connectivity index (χ2n) is 3.88. The van der Waals surface area contributed by atoms with E-state index in [-0.39, 0.29) is 0 Å². The van der Waals surface area contributed by atoms with Crippen LogP contribution in [0.1, 0.15) is 26.0 Å². The number of nitrogen functional groups attached to an aromatic ring is 1. The van der Waals surface area contributed by atoms with Crippen LogP contribution in [0.15, 0.2) is 12.2 Å². The first-order chi connectivity index (χ1) is 7.06. The third-order valence-corrected chi connectivity index (χ3v) is 2.17. The molecule has 84 valence electrons. The van der Waals surface area contributed by atoms with Gasteiger partial charge in [-0.2, -0.15) is 5.10 Å². The maximum absolute atomic E-state index is 5.94. The zero-order valence-corrected chi connectivity index (χ0v) is 9.80. The fourth-order valence-electron chi connectivity index (χ4n) is 1.39. The molecule has 4 heteroatoms. The summed E-state index contributed by atoms with van der Waals surface area (Å²) in [7, 11) is 0. The normalized spacial score (nSPS) is 10.3. The van der Waals surface area contributed by atoms with Crippen LogP contribution in [0, 0.1) is 6.92 Å². The minimum Gasteiger partial charge on any atom is -0.394 e. The number of hydrogen-bond donors (Lipinski definition) is 2. The van der Waals surface area contributed by atoms with Crippen molar-refractivity contribution >= 4 is 11.5 Å². The molecule has 0 saturated heterocycles. The van der Waals surface area contributed by atoms with Gasteiger partial charge in [-0.15, -0.1) is 0 Å². The standard InChI is InChI=1S/C11H20N4/c1-5-6-15-11(13-7-8(2)3)10(12)9(4)14-15/h13H,2,5-7,12H2,1,3-4H3. The molecule has 0 aromatic carbocycles. The highest BCUT2D eigenvalue weighted by Gasteiger charge is 2.10. The molecule has 15 heavy (non-hydrogen) atoms. The van der Waals surface area contributed by atoms with E-state index in [4.69, 9.17) is 5.73 Å². The molecule has 1 aromatic heterocycles. The Hall–Kier alpha value is -1.45. The van der Waals surface area contributed by atoms with Gasteiger partial charge < -0.3 is 11.1 Å². The second-order valence-corrected chi connectivity index (χ2v) is 3.88. The van der Waals surface area contributed by atoms with Gasteiger partial charge in [0.1, 0.15) is 5.82 Å². The molecule has 0 aliphatic rings. The third-order valence-electron chi connectivity index (χ3n) is 2.17. The van der Waals surface area contributed by atoms with Crippen molar-refractivity contribution < 1.29 is 0 Å². The van der Waals surface area contributed by atoms with Gasteiger partial charge in [-0.3, -0.25) is 0 Å². The summed E-state index contributed by atoms with van der Waals surface area (Å²) in [4.78, 5) is 0. The van der Waals surface area contributed by atoms with E-state index >= 15 is 0 Å². The van der Waals surface area contributed by atoms with Crippen LogP contribution >= 0.6 is 0 Å². The Balaban J connectivity index is 2.86. The van der Waals surface area contributed by atoms with Crippen LogP contribution in [0.5, 0.6) is 0 Å². The summed E-state index contributed by atoms with van der Waals surface area (Å²) in [6.45, 7) is 11.5. The van der Waals surface area contributed by atoms with Crippen molar-refractivity contribution in [2.24, 2.45) is 0 Å². The van der Waals surface area contributed by atoms with Crippen molar-refractivity contribution in [3.05, 3.63) is 17.8 Å². The molecule has 1 heterocycles. The Morgan fingerprint density at radius 1 is 1.60 bits per heavy atom. The van der Waals surface area contributed by atoms with Gasteiger partial charge in [0.25, 0.3) is 0 Å². The lowest BCUT2D eigenvalue weighted by Crippen LogP contribution is -2.10. The molecule has 0 aliphatic carbocycles. The average molecular weight is 208 g/mol. The minimum absolute atomic E-state index is 0.735. The summed E-state index contributed by atoms with van der Waals surface area (Å²) in [5.74, 6) is 0.914. The molecule has 3 N–H and O–H groups in total. The zero-order chi connectivity index (χ0) is 11.4. The fraction of sp³-hybridized carbons (Fsp3) is 0.545. The first-order valence-corrected chi connectivity index (χ1v) is 5.27. The molecule has 4 nitrogen and oxygen atoms in total. The molecule has 0 fully saturated rings. The molecule has 0 amide bonds. The van der Waals surface area contributed by atoms with E-state index in [1.54, 1.807) is 0 Å². The molecular weight excluding hydrogens is 188 g/mol. The zero-order valence-electron chi connectivity index (χ0n) is 9.80. The second kappa shape index (κ2) is 4.87. The van der Waals surface area contributed by atoms with Crippen molar-refractivity contribution in [3.63, 3.8) is 0 Å². The maximum Gasteiger partial charge on any atom is 0.148 e. The van der Waals surface area contributed by atoms with Crippen LogP contribution < -0.4 is 11.1 Å². The fourth-order valence-corrected chi connectivity index (χ4v) is 1.39. The van der Waals surface area contributed by atoms with Crippen molar-refractivity contribution in [1.82, 2.24) is 9.78 Å². The maximum atomic E-state index is 5.94. The van der Waals surface area contributed by atoms with Gasteiger partial charge in [-0.25, -0.2) is 4.68 Å². The number of anilines is 2. The number of rotatable bonds is 5. The summed E-state index contributed by atoms with van der Waals surface area (Å²) in [5.41, 5.74) is 8.65. The lowest BCUT2D eigenvalue weighted by Gasteiger charge is -2.09. The summed E-state index contributed by atoms with van der Waals surface area (Å²) >= 11 is 0. The van der Waals surface area contributed by atoms with Gasteiger partial charge in [0, 0.05) is 13.1 Å². The average Bonchev–Trinajstić information content (AvgIpc) is 2.41. The molecule has 1 aromatic rings. The lowest BCUT2D eigenvalue weighted by molar-refractivity contribution is 0.603. The molecular formula is C11H20N4. The summed E-state index contributed by atoms with van der Waals surface area (Å²) < 4.78 is 1.92. The van der Waals surface area contributed by atoms with Crippen LogP contribution in [0.2, 0.25) is 0 Å². The molecule has 0 spiro atoms. The van der Waals surface area contributed by atoms with Gasteiger partial charge in [-0.1, -0.05) is 19.1 Å². The number of nitrogens with two attached hydrogens (primary N) is 1. The topological polar surface area (TPSA) is 55.9 Å². The first-order valence-electron chi connectivity index (χ1n) is 5.27. The summed E-state index contributed by atoms with van der Waals surface area (Å²) in [6.07, 6.45) is 1.04. The van der Waals surface area contributed by atoms with Crippen LogP contribution in [0.4, 0.5) is 11.5 Å². The van der Waals surface area contributed by atoms with E-state index in [2.05, 4.69) is 23.9 Å². The lowest BCUT2D eigenvalue weighted by atomic mass is 10.3. The first kappa shape index (κ1) is 11.6. The molecule has 0 aliphatic heterocycles. The van der Waals surface area contributed by atoms with Gasteiger partial charge in [0.05, 0.1) is 11.4 Å². The Labute approximate surface area is 91.2 Å². The van der Waals surface area contributed by atoms with Crippen molar-refractivity contribution in [1.29, 1.82) is 0 Å². The van der Waals surface area contributed by atoms with Gasteiger partial charge in [0.2, 0.25) is 0 Å². The Morgan fingerprint density at radius 2 is 2.27 bits per heavy atom. The van der Waals surface area contributed by atoms with Crippen LogP contribution in [0.25, 0.3) is 0 Å². The predicted molar refractivity (Wildman–Crippen MR) is 65.0 cm³/mol. The van der Waals surface area contributed by atoms with E-state index in [0.29, 0.717) is 0 Å². The Kier molecular flexibility index (Phi) is 3.77. The van der Waals surface area contributed by atoms with Crippen molar-refractivity contribution in [2.45, 2.75) is 33.7 Å². The minimum atomic E-state index is 0.735. The van der Waals surface area contributed by atoms with Crippen LogP contribution in [0.3, 0.4) is 0 Å². The third kappa shape index (κ3) is 2.75. The SMILES string of the molecule is C=C(C)CNc1c(N)c(C)nn1CCC. The molecule has 0 bridgehead atoms. The van der Waals surface area contributed by atoms with E-state index in [1.165, 1.54) is 0 Å². The Morgan fingerprint density at radius 3 is 2.80 bits per heavy atom. The monoisotopic (exact) mass is 208 g/mol. The summed E-state index contributed by atoms with van der Waals surface area (Å²) in [5, 5.41) is 7.64. The predicted octanol–water partition coefficient (Wildman–Crippen LogP) is 2.17. The van der Waals surface area contributed by atoms with Gasteiger partial charge in [0.15, 0.2) is 0 Å². The smallest absolute Gasteiger partial charge is 0.148 e. The van der Waals surface area contributed by atoms with E-state index in [1.807, 2.05) is 18.5 Å². The summed E-state index contributed by atoms with van der Waals surface area (Å²) in [6, 6.07) is 0. The number of aryl methyl sites for hydroxylation is 2. The van der Waals surface area contributed by atoms with Crippen LogP contribution in [-0.4, -0.2) is 16.3 Å². The quantitative estimate of drug-likeness (QED) is 0.729. The highest BCUT2D eigenvalue weighted by atomic mass is 15.3. The van der Waals surface area contributed by atoms with Gasteiger partial charge in [-0.05, 0) is 20.3 Å². The highest BCUT2D eigenvalue weighted by Crippen LogP contribution is 2.22. The molecule has 1 rings (SSSR count). The molecule has 0 saturated carbocycles. The highest BCUT2D eigenvalue weighted by molar-refractivity contribution is 5.65. The molecule has 0 atom stereocenters. The van der Waals surface area contributed by atoms with Crippen molar-refractivity contribution in [3.8, 4) is 0 Å². The molecule has 0 radical (unpaired) electrons. The van der Waals surface area contributed by atoms with E-state index < -0.39 is 0 Å². The number of aromatic nitrogens is 2. The van der Waals surface area contributed by atoms with E-state index in [9.17, 15) is 0 Å². The Bertz CT molecular complexity index is 352. The number of nitrogens with zero attached hydrogens (tertiary/aromatic N) is 2. The van der Waals surface area contributed by atoms with Gasteiger partial charge >= 0.3 is 0 Å². The number of hydrogen-bond acceptors (Lipinski definition) is 3. The largest absolute Gasteiger partial charge is 0.394 e. The number of nitrogens with one attached hydrogen (secondary N) is 1.